The molecule has 0 aliphatic carbocycles. The predicted molar refractivity (Wildman–Crippen MR) is 90.5 cm³/mol. The Morgan fingerprint density at radius 1 is 1.38 bits per heavy atom. The van der Waals surface area contributed by atoms with E-state index in [4.69, 9.17) is 13.9 Å². The van der Waals surface area contributed by atoms with Crippen molar-refractivity contribution in [3.63, 3.8) is 0 Å². The van der Waals surface area contributed by atoms with E-state index in [0.717, 1.165) is 25.2 Å². The van der Waals surface area contributed by atoms with Gasteiger partial charge in [-0.1, -0.05) is 19.8 Å². The summed E-state index contributed by atoms with van der Waals surface area (Å²) in [5.41, 5.74) is 2.04. The normalized spacial score (nSPS) is 13.3. The third kappa shape index (κ3) is 3.22. The number of fused-ring (bicyclic) bond motifs is 1. The molecule has 0 unspecified atom stereocenters. The molecule has 0 N–H and O–H groups in total. The average molecular weight is 330 g/mol. The Kier molecular flexibility index (Phi) is 5.03. The van der Waals surface area contributed by atoms with Crippen molar-refractivity contribution in [3.8, 4) is 17.2 Å². The van der Waals surface area contributed by atoms with E-state index in [1.54, 1.807) is 12.3 Å². The predicted octanol–water partition coefficient (Wildman–Crippen LogP) is 3.52. The van der Waals surface area contributed by atoms with Gasteiger partial charge in [0, 0.05) is 6.54 Å². The van der Waals surface area contributed by atoms with Crippen molar-refractivity contribution < 1.29 is 18.7 Å². The zero-order valence-corrected chi connectivity index (χ0v) is 14.1. The molecule has 1 aromatic heterocycles. The zero-order valence-electron chi connectivity index (χ0n) is 14.1. The first kappa shape index (κ1) is 16.4. The second kappa shape index (κ2) is 7.38. The smallest absolute Gasteiger partial charge is 0.337 e. The van der Waals surface area contributed by atoms with E-state index in [0.29, 0.717) is 29.4 Å². The number of oxazole rings is 1. The lowest BCUT2D eigenvalue weighted by Gasteiger charge is -2.32. The van der Waals surface area contributed by atoms with Crippen LogP contribution in [-0.2, 0) is 4.74 Å². The average Bonchev–Trinajstić information content (AvgIpc) is 3.15. The topological polar surface area (TPSA) is 64.8 Å². The van der Waals surface area contributed by atoms with Gasteiger partial charge in [-0.25, -0.2) is 9.78 Å². The summed E-state index contributed by atoms with van der Waals surface area (Å²) < 4.78 is 16.2. The van der Waals surface area contributed by atoms with Crippen LogP contribution in [0.15, 0.2) is 29.0 Å². The van der Waals surface area contributed by atoms with Gasteiger partial charge in [-0.2, -0.15) is 0 Å². The lowest BCUT2D eigenvalue weighted by Crippen LogP contribution is -2.34. The van der Waals surface area contributed by atoms with Gasteiger partial charge in [-0.3, -0.25) is 0 Å². The molecule has 24 heavy (non-hydrogen) atoms. The van der Waals surface area contributed by atoms with Crippen molar-refractivity contribution in [1.29, 1.82) is 0 Å². The molecule has 0 bridgehead atoms. The van der Waals surface area contributed by atoms with Gasteiger partial charge in [0.25, 0.3) is 0 Å². The highest BCUT2D eigenvalue weighted by Crippen LogP contribution is 2.41. The molecule has 0 fully saturated rings. The van der Waals surface area contributed by atoms with Crippen LogP contribution in [0.1, 0.15) is 36.5 Å². The molecule has 0 saturated carbocycles. The molecule has 0 radical (unpaired) electrons. The monoisotopic (exact) mass is 330 g/mol. The van der Waals surface area contributed by atoms with Crippen molar-refractivity contribution in [3.05, 3.63) is 30.2 Å². The molecule has 2 aromatic rings. The third-order valence-corrected chi connectivity index (χ3v) is 4.13. The molecule has 1 aliphatic rings. The summed E-state index contributed by atoms with van der Waals surface area (Å²) in [5, 5.41) is 0. The van der Waals surface area contributed by atoms with Crippen LogP contribution in [0.4, 0.5) is 5.69 Å². The van der Waals surface area contributed by atoms with Crippen molar-refractivity contribution in [2.45, 2.75) is 26.2 Å². The van der Waals surface area contributed by atoms with E-state index in [-0.39, 0.29) is 5.97 Å². The summed E-state index contributed by atoms with van der Waals surface area (Å²) in [6, 6.07) is 3.55. The Morgan fingerprint density at radius 2 is 2.25 bits per heavy atom. The number of esters is 1. The minimum Gasteiger partial charge on any atom is -0.489 e. The highest BCUT2D eigenvalue weighted by molar-refractivity contribution is 5.94. The molecule has 6 nitrogen and oxygen atoms in total. The van der Waals surface area contributed by atoms with Gasteiger partial charge in [-0.15, -0.1) is 0 Å². The molecule has 3 rings (SSSR count). The molecule has 6 heteroatoms. The standard InChI is InChI=1S/C18H22N2O4/c1-3-4-5-7-20-8-10-23-16-14(17-19-6-9-24-17)11-13(12-15(16)20)18(21)22-2/h6,9,11-12H,3-5,7-8,10H2,1-2H3. The summed E-state index contributed by atoms with van der Waals surface area (Å²) in [6.45, 7) is 4.51. The minimum absolute atomic E-state index is 0.385. The number of nitrogens with zero attached hydrogens (tertiary/aromatic N) is 2. The number of ether oxygens (including phenoxy) is 2. The fraction of sp³-hybridized carbons (Fsp3) is 0.444. The number of carbonyl (C=O) groups excluding carboxylic acids is 1. The van der Waals surface area contributed by atoms with Crippen LogP contribution < -0.4 is 9.64 Å². The Labute approximate surface area is 141 Å². The number of aromatic nitrogens is 1. The van der Waals surface area contributed by atoms with E-state index in [1.165, 1.54) is 26.2 Å². The van der Waals surface area contributed by atoms with Gasteiger partial charge < -0.3 is 18.8 Å². The second-order valence-corrected chi connectivity index (χ2v) is 5.74. The highest BCUT2D eigenvalue weighted by atomic mass is 16.5. The first-order valence-corrected chi connectivity index (χ1v) is 8.28. The summed E-state index contributed by atoms with van der Waals surface area (Å²) in [6.07, 6.45) is 6.53. The fourth-order valence-corrected chi connectivity index (χ4v) is 2.91. The van der Waals surface area contributed by atoms with Crippen LogP contribution in [0.25, 0.3) is 11.5 Å². The maximum Gasteiger partial charge on any atom is 0.337 e. The Bertz CT molecular complexity index is 697. The minimum atomic E-state index is -0.385. The van der Waals surface area contributed by atoms with E-state index in [1.807, 2.05) is 6.07 Å². The second-order valence-electron chi connectivity index (χ2n) is 5.74. The highest BCUT2D eigenvalue weighted by Gasteiger charge is 2.26. The van der Waals surface area contributed by atoms with Crippen LogP contribution in [0.3, 0.4) is 0 Å². The van der Waals surface area contributed by atoms with Gasteiger partial charge in [0.15, 0.2) is 5.75 Å². The van der Waals surface area contributed by atoms with Gasteiger partial charge in [0.1, 0.15) is 12.9 Å². The number of anilines is 1. The Hall–Kier alpha value is -2.50. The number of rotatable bonds is 6. The zero-order chi connectivity index (χ0) is 16.9. The van der Waals surface area contributed by atoms with Gasteiger partial charge in [0.05, 0.1) is 36.7 Å². The summed E-state index contributed by atoms with van der Waals surface area (Å²) in [5.74, 6) is 0.768. The lowest BCUT2D eigenvalue weighted by atomic mass is 10.0. The first-order chi connectivity index (χ1) is 11.7. The number of unbranched alkanes of at least 4 members (excludes halogenated alkanes) is 2. The molecular weight excluding hydrogens is 308 g/mol. The molecule has 128 valence electrons. The SMILES string of the molecule is CCCCCN1CCOc2c(-c3ncco3)cc(C(=O)OC)cc21. The van der Waals surface area contributed by atoms with Crippen LogP contribution in [0, 0.1) is 0 Å². The molecule has 0 saturated heterocycles. The number of hydrogen-bond donors (Lipinski definition) is 0. The van der Waals surface area contributed by atoms with Crippen LogP contribution in [-0.4, -0.2) is 37.8 Å². The number of carbonyl (C=O) groups is 1. The van der Waals surface area contributed by atoms with Crippen molar-refractivity contribution in [2.24, 2.45) is 0 Å². The van der Waals surface area contributed by atoms with Crippen molar-refractivity contribution >= 4 is 11.7 Å². The van der Waals surface area contributed by atoms with Gasteiger partial charge in [0.2, 0.25) is 5.89 Å². The van der Waals surface area contributed by atoms with Crippen molar-refractivity contribution in [2.75, 3.05) is 31.7 Å². The Balaban J connectivity index is 2.04. The molecule has 0 spiro atoms. The quantitative estimate of drug-likeness (QED) is 0.596. The molecule has 0 amide bonds. The van der Waals surface area contributed by atoms with E-state index in [2.05, 4.69) is 16.8 Å². The van der Waals surface area contributed by atoms with Crippen molar-refractivity contribution in [1.82, 2.24) is 4.98 Å². The summed E-state index contributed by atoms with van der Waals surface area (Å²) >= 11 is 0. The molecular formula is C18H22N2O4. The van der Waals surface area contributed by atoms with E-state index < -0.39 is 0 Å². The van der Waals surface area contributed by atoms with Gasteiger partial charge in [-0.05, 0) is 18.6 Å². The number of benzene rings is 1. The maximum atomic E-state index is 12.1. The molecule has 1 aliphatic heterocycles. The summed E-state index contributed by atoms with van der Waals surface area (Å²) in [4.78, 5) is 18.5. The lowest BCUT2D eigenvalue weighted by molar-refractivity contribution is 0.0600. The van der Waals surface area contributed by atoms with Crippen LogP contribution >= 0.6 is 0 Å². The number of hydrogen-bond acceptors (Lipinski definition) is 6. The van der Waals surface area contributed by atoms with Crippen LogP contribution in [0.2, 0.25) is 0 Å². The third-order valence-electron chi connectivity index (χ3n) is 4.13. The molecule has 2 heterocycles. The summed E-state index contributed by atoms with van der Waals surface area (Å²) in [7, 11) is 1.38. The van der Waals surface area contributed by atoms with E-state index >= 15 is 0 Å². The number of methoxy groups -OCH3 is 1. The largest absolute Gasteiger partial charge is 0.489 e. The fourth-order valence-electron chi connectivity index (χ4n) is 2.91. The molecule has 0 atom stereocenters. The molecule has 1 aromatic carbocycles. The van der Waals surface area contributed by atoms with E-state index in [9.17, 15) is 4.79 Å². The Morgan fingerprint density at radius 3 is 2.96 bits per heavy atom. The first-order valence-electron chi connectivity index (χ1n) is 8.28. The maximum absolute atomic E-state index is 12.1. The van der Waals surface area contributed by atoms with Crippen LogP contribution in [0.5, 0.6) is 5.75 Å². The van der Waals surface area contributed by atoms with Gasteiger partial charge >= 0.3 is 5.97 Å².